The summed E-state index contributed by atoms with van der Waals surface area (Å²) >= 11 is 11.4. The molecule has 1 aromatic carbocycles. The largest absolute Gasteiger partial charge is 0.205 e. The Bertz CT molecular complexity index is 295. The molecule has 0 aliphatic heterocycles. The van der Waals surface area contributed by atoms with Crippen LogP contribution in [0.2, 0.25) is 5.02 Å². The van der Waals surface area contributed by atoms with Gasteiger partial charge in [-0.25, -0.2) is 4.39 Å². The lowest BCUT2D eigenvalue weighted by Crippen LogP contribution is -1.93. The highest BCUT2D eigenvalue weighted by molar-refractivity contribution is 6.30. The van der Waals surface area contributed by atoms with Gasteiger partial charge in [0.05, 0.1) is 10.4 Å². The Morgan fingerprint density at radius 3 is 2.50 bits per heavy atom. The van der Waals surface area contributed by atoms with Gasteiger partial charge in [0.1, 0.15) is 5.82 Å². The second kappa shape index (κ2) is 3.63. The van der Waals surface area contributed by atoms with Crippen LogP contribution in [0.15, 0.2) is 12.1 Å². The lowest BCUT2D eigenvalue weighted by Gasteiger charge is -2.08. The van der Waals surface area contributed by atoms with Gasteiger partial charge in [-0.2, -0.15) is 0 Å². The third-order valence-corrected chi connectivity index (χ3v) is 2.34. The predicted octanol–water partition coefficient (Wildman–Crippen LogP) is 4.09. The zero-order chi connectivity index (χ0) is 9.30. The summed E-state index contributed by atoms with van der Waals surface area (Å²) < 4.78 is 13.2. The molecule has 1 aromatic rings. The van der Waals surface area contributed by atoms with Gasteiger partial charge in [0, 0.05) is 0 Å². The van der Waals surface area contributed by atoms with Crippen LogP contribution in [0.4, 0.5) is 4.39 Å². The van der Waals surface area contributed by atoms with E-state index in [-0.39, 0.29) is 16.2 Å². The van der Waals surface area contributed by atoms with Crippen LogP contribution in [0.3, 0.4) is 0 Å². The highest BCUT2D eigenvalue weighted by Gasteiger charge is 2.11. The van der Waals surface area contributed by atoms with Gasteiger partial charge in [0.2, 0.25) is 0 Å². The van der Waals surface area contributed by atoms with Crippen molar-refractivity contribution in [2.24, 2.45) is 0 Å². The van der Waals surface area contributed by atoms with Crippen molar-refractivity contribution >= 4 is 23.2 Å². The molecule has 0 aromatic heterocycles. The molecular formula is C9H9Cl2F. The van der Waals surface area contributed by atoms with Crippen molar-refractivity contribution in [3.8, 4) is 0 Å². The fourth-order valence-corrected chi connectivity index (χ4v) is 1.54. The molecule has 66 valence electrons. The molecule has 0 aliphatic rings. The van der Waals surface area contributed by atoms with Crippen LogP contribution >= 0.6 is 23.2 Å². The monoisotopic (exact) mass is 206 g/mol. The second-order valence-electron chi connectivity index (χ2n) is 2.69. The number of hydrogen-bond acceptors (Lipinski definition) is 0. The number of alkyl halides is 1. The standard InChI is InChI=1S/C9H9Cl2F/c1-5-7(6(2)10)3-4-8(11)9(5)12/h3-4,6H,1-2H3. The van der Waals surface area contributed by atoms with Gasteiger partial charge in [-0.3, -0.25) is 0 Å². The molecule has 0 nitrogen and oxygen atoms in total. The van der Waals surface area contributed by atoms with Crippen LogP contribution in [0.1, 0.15) is 23.4 Å². The maximum Gasteiger partial charge on any atom is 0.145 e. The highest BCUT2D eigenvalue weighted by Crippen LogP contribution is 2.28. The summed E-state index contributed by atoms with van der Waals surface area (Å²) in [6.07, 6.45) is 0. The van der Waals surface area contributed by atoms with E-state index in [1.165, 1.54) is 6.07 Å². The van der Waals surface area contributed by atoms with Crippen LogP contribution in [0, 0.1) is 12.7 Å². The molecule has 0 N–H and O–H groups in total. The molecule has 0 aliphatic carbocycles. The van der Waals surface area contributed by atoms with E-state index < -0.39 is 0 Å². The molecule has 12 heavy (non-hydrogen) atoms. The third-order valence-electron chi connectivity index (χ3n) is 1.81. The molecule has 3 heteroatoms. The SMILES string of the molecule is Cc1c(C(C)Cl)ccc(Cl)c1F. The van der Waals surface area contributed by atoms with Crippen molar-refractivity contribution in [3.05, 3.63) is 34.1 Å². The van der Waals surface area contributed by atoms with Crippen LogP contribution in [0.25, 0.3) is 0 Å². The Hall–Kier alpha value is -0.270. The van der Waals surface area contributed by atoms with Gasteiger partial charge in [-0.05, 0) is 31.0 Å². The zero-order valence-electron chi connectivity index (χ0n) is 6.87. The summed E-state index contributed by atoms with van der Waals surface area (Å²) in [5.74, 6) is -0.373. The summed E-state index contributed by atoms with van der Waals surface area (Å²) in [5.41, 5.74) is 1.32. The van der Waals surface area contributed by atoms with Crippen LogP contribution in [-0.4, -0.2) is 0 Å². The van der Waals surface area contributed by atoms with Crippen LogP contribution in [0.5, 0.6) is 0 Å². The Balaban J connectivity index is 3.27. The average Bonchev–Trinajstić information content (AvgIpc) is 2.00. The second-order valence-corrected chi connectivity index (χ2v) is 3.75. The topological polar surface area (TPSA) is 0 Å². The maximum absolute atomic E-state index is 13.2. The molecule has 1 unspecified atom stereocenters. The Labute approximate surface area is 81.3 Å². The fourth-order valence-electron chi connectivity index (χ4n) is 1.10. The minimum atomic E-state index is -0.373. The lowest BCUT2D eigenvalue weighted by molar-refractivity contribution is 0.615. The summed E-state index contributed by atoms with van der Waals surface area (Å²) in [6, 6.07) is 3.27. The molecule has 1 atom stereocenters. The average molecular weight is 207 g/mol. The number of benzene rings is 1. The van der Waals surface area contributed by atoms with E-state index in [9.17, 15) is 4.39 Å². The third kappa shape index (κ3) is 1.73. The van der Waals surface area contributed by atoms with E-state index in [2.05, 4.69) is 0 Å². The molecule has 0 fully saturated rings. The van der Waals surface area contributed by atoms with E-state index in [0.717, 1.165) is 5.56 Å². The van der Waals surface area contributed by atoms with Crippen molar-refractivity contribution in [2.75, 3.05) is 0 Å². The summed E-state index contributed by atoms with van der Waals surface area (Å²) in [7, 11) is 0. The van der Waals surface area contributed by atoms with Gasteiger partial charge in [-0.1, -0.05) is 17.7 Å². The molecular weight excluding hydrogens is 198 g/mol. The normalized spacial score (nSPS) is 13.1. The molecule has 0 saturated carbocycles. The molecule has 0 saturated heterocycles. The van der Waals surface area contributed by atoms with E-state index >= 15 is 0 Å². The van der Waals surface area contributed by atoms with E-state index in [0.29, 0.717) is 5.56 Å². The van der Waals surface area contributed by atoms with Crippen molar-refractivity contribution in [2.45, 2.75) is 19.2 Å². The van der Waals surface area contributed by atoms with E-state index in [1.54, 1.807) is 19.9 Å². The fraction of sp³-hybridized carbons (Fsp3) is 0.333. The molecule has 0 spiro atoms. The van der Waals surface area contributed by atoms with Crippen LogP contribution < -0.4 is 0 Å². The van der Waals surface area contributed by atoms with E-state index in [1.807, 2.05) is 0 Å². The van der Waals surface area contributed by atoms with Gasteiger partial charge in [0.15, 0.2) is 0 Å². The van der Waals surface area contributed by atoms with E-state index in [4.69, 9.17) is 23.2 Å². The maximum atomic E-state index is 13.2. The van der Waals surface area contributed by atoms with Crippen molar-refractivity contribution < 1.29 is 4.39 Å². The first-order valence-electron chi connectivity index (χ1n) is 3.62. The Kier molecular flexibility index (Phi) is 2.97. The van der Waals surface area contributed by atoms with Gasteiger partial charge >= 0.3 is 0 Å². The minimum absolute atomic E-state index is 0.147. The summed E-state index contributed by atoms with van der Waals surface area (Å²) in [5, 5.41) is -0.0367. The summed E-state index contributed by atoms with van der Waals surface area (Å²) in [6.45, 7) is 3.48. The highest BCUT2D eigenvalue weighted by atomic mass is 35.5. The number of rotatable bonds is 1. The quantitative estimate of drug-likeness (QED) is 0.608. The van der Waals surface area contributed by atoms with Crippen molar-refractivity contribution in [1.29, 1.82) is 0 Å². The van der Waals surface area contributed by atoms with Crippen molar-refractivity contribution in [3.63, 3.8) is 0 Å². The van der Waals surface area contributed by atoms with Gasteiger partial charge < -0.3 is 0 Å². The Morgan fingerprint density at radius 2 is 2.00 bits per heavy atom. The summed E-state index contributed by atoms with van der Waals surface area (Å²) in [4.78, 5) is 0. The number of halogens is 3. The first kappa shape index (κ1) is 9.82. The number of hydrogen-bond donors (Lipinski definition) is 0. The molecule has 0 amide bonds. The molecule has 0 heterocycles. The zero-order valence-corrected chi connectivity index (χ0v) is 8.38. The molecule has 0 radical (unpaired) electrons. The van der Waals surface area contributed by atoms with Crippen LogP contribution in [-0.2, 0) is 0 Å². The van der Waals surface area contributed by atoms with Gasteiger partial charge in [-0.15, -0.1) is 11.6 Å². The van der Waals surface area contributed by atoms with Crippen molar-refractivity contribution in [1.82, 2.24) is 0 Å². The Morgan fingerprint density at radius 1 is 1.42 bits per heavy atom. The first-order valence-corrected chi connectivity index (χ1v) is 4.44. The smallest absolute Gasteiger partial charge is 0.145 e. The lowest BCUT2D eigenvalue weighted by atomic mass is 10.1. The van der Waals surface area contributed by atoms with Gasteiger partial charge in [0.25, 0.3) is 0 Å². The predicted molar refractivity (Wildman–Crippen MR) is 50.4 cm³/mol. The molecule has 0 bridgehead atoms. The molecule has 1 rings (SSSR count). The minimum Gasteiger partial charge on any atom is -0.205 e. The first-order chi connectivity index (χ1) is 5.54.